The van der Waals surface area contributed by atoms with Crippen LogP contribution in [0.4, 0.5) is 4.39 Å². The van der Waals surface area contributed by atoms with Crippen molar-refractivity contribution in [2.45, 2.75) is 20.1 Å². The van der Waals surface area contributed by atoms with Crippen LogP contribution in [-0.4, -0.2) is 22.1 Å². The van der Waals surface area contributed by atoms with Gasteiger partial charge in [-0.25, -0.2) is 9.18 Å². The van der Waals surface area contributed by atoms with Crippen LogP contribution in [0, 0.1) is 12.7 Å². The Balaban J connectivity index is 1.43. The predicted octanol–water partition coefficient (Wildman–Crippen LogP) is 3.12. The maximum atomic E-state index is 13.0. The van der Waals surface area contributed by atoms with Crippen molar-refractivity contribution in [3.8, 4) is 11.5 Å². The summed E-state index contributed by atoms with van der Waals surface area (Å²) >= 11 is 0. The van der Waals surface area contributed by atoms with Crippen LogP contribution in [0.15, 0.2) is 74.8 Å². The molecule has 2 aromatic heterocycles. The van der Waals surface area contributed by atoms with Crippen LogP contribution >= 0.6 is 0 Å². The van der Waals surface area contributed by atoms with Crippen LogP contribution in [0.25, 0.3) is 11.0 Å². The van der Waals surface area contributed by atoms with Gasteiger partial charge in [-0.2, -0.15) is 0 Å². The molecule has 0 fully saturated rings. The summed E-state index contributed by atoms with van der Waals surface area (Å²) in [5.41, 5.74) is 0.00448. The summed E-state index contributed by atoms with van der Waals surface area (Å²) in [6, 6.07) is 13.5. The van der Waals surface area contributed by atoms with Crippen molar-refractivity contribution in [1.29, 1.82) is 0 Å². The number of nitrogens with one attached hydrogen (secondary N) is 1. The van der Waals surface area contributed by atoms with Crippen molar-refractivity contribution in [2.24, 2.45) is 0 Å². The van der Waals surface area contributed by atoms with Crippen molar-refractivity contribution in [3.63, 3.8) is 0 Å². The van der Waals surface area contributed by atoms with Gasteiger partial charge in [0.2, 0.25) is 5.43 Å². The summed E-state index contributed by atoms with van der Waals surface area (Å²) in [4.78, 5) is 36.4. The Morgan fingerprint density at radius 2 is 1.88 bits per heavy atom. The molecule has 2 aromatic carbocycles. The van der Waals surface area contributed by atoms with Gasteiger partial charge < -0.3 is 24.1 Å². The standard InChI is InChI=1S/C25H21FN2O6/c1-15-23(30)21(29)8-10-28(15)11-9-27-24(31)20-12-17-4-7-19(13-22(17)34-25(20)32)33-14-16-2-5-18(26)6-3-16/h2-8,10,12-13,30H,9,11,14H2,1H3,(H,27,31). The minimum Gasteiger partial charge on any atom is -0.503 e. The van der Waals surface area contributed by atoms with Gasteiger partial charge in [0.15, 0.2) is 5.75 Å². The minimum atomic E-state index is -0.794. The topological polar surface area (TPSA) is 111 Å². The molecule has 0 atom stereocenters. The Hall–Kier alpha value is -4.40. The maximum absolute atomic E-state index is 13.0. The van der Waals surface area contributed by atoms with E-state index in [1.165, 1.54) is 30.5 Å². The van der Waals surface area contributed by atoms with Crippen LogP contribution < -0.4 is 21.1 Å². The molecule has 1 amide bonds. The predicted molar refractivity (Wildman–Crippen MR) is 123 cm³/mol. The highest BCUT2D eigenvalue weighted by Crippen LogP contribution is 2.21. The second-order valence-corrected chi connectivity index (χ2v) is 7.63. The number of aromatic nitrogens is 1. The first-order valence-electron chi connectivity index (χ1n) is 10.4. The molecule has 0 aliphatic rings. The van der Waals surface area contributed by atoms with E-state index in [1.54, 1.807) is 41.8 Å². The number of rotatable bonds is 7. The maximum Gasteiger partial charge on any atom is 0.349 e. The third-order valence-electron chi connectivity index (χ3n) is 5.32. The Morgan fingerprint density at radius 3 is 2.65 bits per heavy atom. The number of nitrogens with zero attached hydrogens (tertiary/aromatic N) is 1. The van der Waals surface area contributed by atoms with E-state index in [0.29, 0.717) is 23.4 Å². The van der Waals surface area contributed by atoms with Gasteiger partial charge in [-0.1, -0.05) is 12.1 Å². The molecule has 4 rings (SSSR count). The third kappa shape index (κ3) is 4.98. The monoisotopic (exact) mass is 464 g/mol. The van der Waals surface area contributed by atoms with Crippen LogP contribution in [0.1, 0.15) is 21.6 Å². The van der Waals surface area contributed by atoms with Crippen molar-refractivity contribution in [1.82, 2.24) is 9.88 Å². The Kier molecular flexibility index (Phi) is 6.44. The van der Waals surface area contributed by atoms with E-state index in [4.69, 9.17) is 9.15 Å². The number of halogens is 1. The molecule has 2 heterocycles. The van der Waals surface area contributed by atoms with E-state index in [-0.39, 0.29) is 35.9 Å². The molecule has 34 heavy (non-hydrogen) atoms. The molecular formula is C25H21FN2O6. The zero-order chi connectivity index (χ0) is 24.2. The second kappa shape index (κ2) is 9.62. The number of pyridine rings is 1. The zero-order valence-electron chi connectivity index (χ0n) is 18.2. The highest BCUT2D eigenvalue weighted by atomic mass is 19.1. The lowest BCUT2D eigenvalue weighted by atomic mass is 10.1. The van der Waals surface area contributed by atoms with E-state index < -0.39 is 17.0 Å². The molecule has 0 unspecified atom stereocenters. The fraction of sp³-hybridized carbons (Fsp3) is 0.160. The molecule has 0 saturated carbocycles. The molecule has 0 radical (unpaired) electrons. The van der Waals surface area contributed by atoms with Crippen LogP contribution in [0.2, 0.25) is 0 Å². The van der Waals surface area contributed by atoms with Gasteiger partial charge in [-0.3, -0.25) is 9.59 Å². The third-order valence-corrected chi connectivity index (χ3v) is 5.32. The number of hydrogen-bond acceptors (Lipinski definition) is 6. The summed E-state index contributed by atoms with van der Waals surface area (Å²) in [5, 5.41) is 12.9. The van der Waals surface area contributed by atoms with Gasteiger partial charge in [0.1, 0.15) is 29.3 Å². The molecule has 0 aliphatic heterocycles. The van der Waals surface area contributed by atoms with Gasteiger partial charge in [0.05, 0.1) is 5.69 Å². The molecule has 0 spiro atoms. The zero-order valence-corrected chi connectivity index (χ0v) is 18.2. The van der Waals surface area contributed by atoms with E-state index in [2.05, 4.69) is 5.32 Å². The van der Waals surface area contributed by atoms with Crippen LogP contribution in [0.5, 0.6) is 11.5 Å². The molecule has 0 aliphatic carbocycles. The fourth-order valence-electron chi connectivity index (χ4n) is 3.38. The molecule has 2 N–H and O–H groups in total. The van der Waals surface area contributed by atoms with Crippen molar-refractivity contribution >= 4 is 16.9 Å². The number of hydrogen-bond donors (Lipinski definition) is 2. The molecule has 8 nitrogen and oxygen atoms in total. The molecule has 9 heteroatoms. The summed E-state index contributed by atoms with van der Waals surface area (Å²) in [6.07, 6.45) is 1.52. The largest absolute Gasteiger partial charge is 0.503 e. The van der Waals surface area contributed by atoms with Crippen molar-refractivity contribution < 1.29 is 23.4 Å². The van der Waals surface area contributed by atoms with E-state index in [0.717, 1.165) is 5.56 Å². The summed E-state index contributed by atoms with van der Waals surface area (Å²) < 4.78 is 25.6. The van der Waals surface area contributed by atoms with Crippen molar-refractivity contribution in [2.75, 3.05) is 6.54 Å². The quantitative estimate of drug-likeness (QED) is 0.407. The number of amides is 1. The Bertz CT molecular complexity index is 1470. The lowest BCUT2D eigenvalue weighted by molar-refractivity contribution is 0.0948. The molecule has 4 aromatic rings. The fourth-order valence-corrected chi connectivity index (χ4v) is 3.38. The summed E-state index contributed by atoms with van der Waals surface area (Å²) in [5.74, 6) is -0.820. The highest BCUT2D eigenvalue weighted by Gasteiger charge is 2.14. The average Bonchev–Trinajstić information content (AvgIpc) is 2.83. The van der Waals surface area contributed by atoms with Gasteiger partial charge in [-0.05, 0) is 42.8 Å². The SMILES string of the molecule is Cc1c(O)c(=O)ccn1CCNC(=O)c1cc2ccc(OCc3ccc(F)cc3)cc2oc1=O. The first-order chi connectivity index (χ1) is 16.3. The second-order valence-electron chi connectivity index (χ2n) is 7.63. The number of fused-ring (bicyclic) bond motifs is 1. The van der Waals surface area contributed by atoms with Gasteiger partial charge in [0, 0.05) is 36.8 Å². The smallest absolute Gasteiger partial charge is 0.349 e. The Morgan fingerprint density at radius 1 is 1.12 bits per heavy atom. The number of benzene rings is 2. The number of carbonyl (C=O) groups is 1. The van der Waals surface area contributed by atoms with Gasteiger partial charge >= 0.3 is 5.63 Å². The highest BCUT2D eigenvalue weighted by molar-refractivity contribution is 5.96. The van der Waals surface area contributed by atoms with Crippen LogP contribution in [0.3, 0.4) is 0 Å². The number of aromatic hydroxyl groups is 1. The van der Waals surface area contributed by atoms with Crippen molar-refractivity contribution in [3.05, 3.63) is 104 Å². The van der Waals surface area contributed by atoms with Gasteiger partial charge in [-0.15, -0.1) is 0 Å². The summed E-state index contributed by atoms with van der Waals surface area (Å²) in [6.45, 7) is 2.26. The van der Waals surface area contributed by atoms with E-state index in [9.17, 15) is 23.9 Å². The van der Waals surface area contributed by atoms with Crippen LogP contribution in [-0.2, 0) is 13.2 Å². The first-order valence-corrected chi connectivity index (χ1v) is 10.4. The van der Waals surface area contributed by atoms with E-state index in [1.807, 2.05) is 0 Å². The summed E-state index contributed by atoms with van der Waals surface area (Å²) in [7, 11) is 0. The minimum absolute atomic E-state index is 0.146. The van der Waals surface area contributed by atoms with E-state index >= 15 is 0 Å². The lowest BCUT2D eigenvalue weighted by Crippen LogP contribution is -2.31. The molecule has 0 saturated heterocycles. The first kappa shape index (κ1) is 22.8. The van der Waals surface area contributed by atoms with Gasteiger partial charge in [0.25, 0.3) is 5.91 Å². The lowest BCUT2D eigenvalue weighted by Gasteiger charge is -2.12. The molecular weight excluding hydrogens is 443 g/mol. The Labute approximate surface area is 192 Å². The average molecular weight is 464 g/mol. The number of carbonyl (C=O) groups excluding carboxylic acids is 1. The normalized spacial score (nSPS) is 10.9. The molecule has 174 valence electrons. The number of ether oxygens (including phenoxy) is 1. The molecule has 0 bridgehead atoms.